The first-order valence-electron chi connectivity index (χ1n) is 20.7. The van der Waals surface area contributed by atoms with Crippen molar-refractivity contribution >= 4 is 35.1 Å². The fourth-order valence-electron chi connectivity index (χ4n) is 7.39. The van der Waals surface area contributed by atoms with Crippen molar-refractivity contribution in [3.63, 3.8) is 0 Å². The van der Waals surface area contributed by atoms with Gasteiger partial charge in [-0.05, 0) is 130 Å². The van der Waals surface area contributed by atoms with Crippen LogP contribution in [-0.2, 0) is 5.41 Å². The van der Waals surface area contributed by atoms with Crippen LogP contribution in [0.5, 0.6) is 23.0 Å². The van der Waals surface area contributed by atoms with Crippen molar-refractivity contribution in [3.05, 3.63) is 228 Å². The Morgan fingerprint density at radius 3 is 1.03 bits per heavy atom. The van der Waals surface area contributed by atoms with Gasteiger partial charge in [-0.25, -0.2) is 9.59 Å². The fourth-order valence-corrected chi connectivity index (χ4v) is 7.39. The number of benzene rings is 8. The summed E-state index contributed by atoms with van der Waals surface area (Å²) in [4.78, 5) is 50.5. The van der Waals surface area contributed by atoms with E-state index in [9.17, 15) is 29.4 Å². The van der Waals surface area contributed by atoms with Gasteiger partial charge in [0.2, 0.25) is 0 Å². The number of nitrogens with one attached hydrogen (secondary N) is 2. The number of amides is 2. The maximum Gasteiger partial charge on any atom is 0.336 e. The molecule has 0 radical (unpaired) electrons. The van der Waals surface area contributed by atoms with Gasteiger partial charge in [0.1, 0.15) is 23.0 Å². The summed E-state index contributed by atoms with van der Waals surface area (Å²) < 4.78 is 12.2. The number of anilines is 2. The molecule has 0 saturated carbocycles. The lowest BCUT2D eigenvalue weighted by atomic mass is 9.78. The molecule has 0 aliphatic rings. The lowest BCUT2D eigenvalue weighted by Crippen LogP contribution is -2.18. The van der Waals surface area contributed by atoms with Gasteiger partial charge in [-0.1, -0.05) is 111 Å². The van der Waals surface area contributed by atoms with Crippen molar-refractivity contribution in [2.24, 2.45) is 0 Å². The number of rotatable bonds is 14. The molecule has 8 rings (SSSR count). The normalized spacial score (nSPS) is 11.0. The molecule has 8 aromatic carbocycles. The van der Waals surface area contributed by atoms with Crippen molar-refractivity contribution in [2.75, 3.05) is 10.6 Å². The van der Waals surface area contributed by atoms with Crippen LogP contribution in [0.15, 0.2) is 194 Å². The molecule has 10 nitrogen and oxygen atoms in total. The minimum absolute atomic E-state index is 0.0556. The van der Waals surface area contributed by atoms with E-state index in [2.05, 4.69) is 24.5 Å². The van der Waals surface area contributed by atoms with E-state index in [0.29, 0.717) is 45.5 Å². The summed E-state index contributed by atoms with van der Waals surface area (Å²) in [6.07, 6.45) is 0. The summed E-state index contributed by atoms with van der Waals surface area (Å²) in [5, 5.41) is 25.3. The Balaban J connectivity index is 0.849. The highest BCUT2D eigenvalue weighted by Gasteiger charge is 2.24. The van der Waals surface area contributed by atoms with Gasteiger partial charge in [0.05, 0.1) is 22.3 Å². The highest BCUT2D eigenvalue weighted by atomic mass is 16.5. The molecular formula is C55H42N2O8. The van der Waals surface area contributed by atoms with Crippen LogP contribution in [-0.4, -0.2) is 34.0 Å². The second-order valence-electron chi connectivity index (χ2n) is 15.7. The molecule has 0 spiro atoms. The summed E-state index contributed by atoms with van der Waals surface area (Å²) in [5.74, 6) is -1.08. The number of aromatic carboxylic acids is 2. The molecule has 0 atom stereocenters. The Kier molecular flexibility index (Phi) is 12.3. The lowest BCUT2D eigenvalue weighted by Gasteiger charge is -2.26. The van der Waals surface area contributed by atoms with Crippen LogP contribution >= 0.6 is 0 Å². The third-order valence-corrected chi connectivity index (χ3v) is 11.1. The second kappa shape index (κ2) is 18.7. The van der Waals surface area contributed by atoms with E-state index in [4.69, 9.17) is 9.47 Å². The number of carboxylic acids is 2. The van der Waals surface area contributed by atoms with Crippen LogP contribution in [0.4, 0.5) is 11.4 Å². The quantitative estimate of drug-likeness (QED) is 0.0844. The maximum atomic E-state index is 13.2. The van der Waals surface area contributed by atoms with Crippen LogP contribution in [0.3, 0.4) is 0 Å². The molecule has 0 fully saturated rings. The van der Waals surface area contributed by atoms with Crippen LogP contribution in [0.2, 0.25) is 0 Å². The first kappa shape index (κ1) is 42.9. The lowest BCUT2D eigenvalue weighted by molar-refractivity contribution is 0.0683. The SMILES string of the molecule is CC(C)(c1ccc(Oc2ccc(NC(=O)c3ccc(-c4ccccc4)cc3C(=O)O)cc2)cc1)c1ccc(Oc2ccc(NC(=O)c3ccc(-c4ccccc4)cc3C(=O)O)cc2)cc1. The number of hydrogen-bond donors (Lipinski definition) is 4. The van der Waals surface area contributed by atoms with Crippen molar-refractivity contribution in [3.8, 4) is 45.3 Å². The fraction of sp³-hybridized carbons (Fsp3) is 0.0545. The summed E-state index contributed by atoms with van der Waals surface area (Å²) in [5.41, 5.74) is 5.78. The van der Waals surface area contributed by atoms with Gasteiger partial charge in [0.25, 0.3) is 11.8 Å². The first-order valence-corrected chi connectivity index (χ1v) is 20.7. The molecule has 65 heavy (non-hydrogen) atoms. The maximum absolute atomic E-state index is 13.2. The van der Waals surface area contributed by atoms with Gasteiger partial charge >= 0.3 is 11.9 Å². The predicted octanol–water partition coefficient (Wildman–Crippen LogP) is 12.8. The van der Waals surface area contributed by atoms with Gasteiger partial charge < -0.3 is 30.3 Å². The van der Waals surface area contributed by atoms with Gasteiger partial charge in [-0.15, -0.1) is 0 Å². The second-order valence-corrected chi connectivity index (χ2v) is 15.7. The third-order valence-electron chi connectivity index (χ3n) is 11.1. The van der Waals surface area contributed by atoms with Crippen molar-refractivity contribution in [2.45, 2.75) is 19.3 Å². The average molecular weight is 859 g/mol. The number of carbonyl (C=O) groups excluding carboxylic acids is 2. The zero-order chi connectivity index (χ0) is 45.5. The van der Waals surface area contributed by atoms with Gasteiger partial charge in [0.15, 0.2) is 0 Å². The predicted molar refractivity (Wildman–Crippen MR) is 252 cm³/mol. The molecule has 0 aliphatic carbocycles. The Hall–Kier alpha value is -8.76. The molecule has 10 heteroatoms. The minimum Gasteiger partial charge on any atom is -0.478 e. The molecule has 0 aliphatic heterocycles. The zero-order valence-electron chi connectivity index (χ0n) is 35.3. The van der Waals surface area contributed by atoms with E-state index in [1.165, 1.54) is 24.3 Å². The molecule has 0 saturated heterocycles. The smallest absolute Gasteiger partial charge is 0.336 e. The van der Waals surface area contributed by atoms with Crippen LogP contribution in [0.25, 0.3) is 22.3 Å². The number of hydrogen-bond acceptors (Lipinski definition) is 6. The molecule has 0 heterocycles. The van der Waals surface area contributed by atoms with Crippen molar-refractivity contribution in [1.29, 1.82) is 0 Å². The molecule has 0 aromatic heterocycles. The monoisotopic (exact) mass is 858 g/mol. The molecular weight excluding hydrogens is 817 g/mol. The van der Waals surface area contributed by atoms with Crippen LogP contribution in [0.1, 0.15) is 66.4 Å². The average Bonchev–Trinajstić information content (AvgIpc) is 3.33. The zero-order valence-corrected chi connectivity index (χ0v) is 35.3. The number of carboxylic acid groups (broad SMARTS) is 2. The summed E-state index contributed by atoms with van der Waals surface area (Å²) in [6.45, 7) is 4.26. The van der Waals surface area contributed by atoms with E-state index in [1.807, 2.05) is 109 Å². The Morgan fingerprint density at radius 2 is 0.708 bits per heavy atom. The summed E-state index contributed by atoms with van der Waals surface area (Å²) in [7, 11) is 0. The Bertz CT molecular complexity index is 2800. The van der Waals surface area contributed by atoms with Crippen LogP contribution < -0.4 is 20.1 Å². The van der Waals surface area contributed by atoms with Crippen LogP contribution in [0, 0.1) is 0 Å². The van der Waals surface area contributed by atoms with Gasteiger partial charge in [0, 0.05) is 16.8 Å². The van der Waals surface area contributed by atoms with Crippen molar-refractivity contribution in [1.82, 2.24) is 0 Å². The first-order chi connectivity index (χ1) is 31.4. The largest absolute Gasteiger partial charge is 0.478 e. The summed E-state index contributed by atoms with van der Waals surface area (Å²) >= 11 is 0. The highest BCUT2D eigenvalue weighted by Crippen LogP contribution is 2.35. The van der Waals surface area contributed by atoms with Gasteiger partial charge in [-0.2, -0.15) is 0 Å². The third kappa shape index (κ3) is 9.98. The Morgan fingerprint density at radius 1 is 0.385 bits per heavy atom. The standard InChI is InChI=1S/C55H42N2O8/c1-55(2,39-15-23-43(24-16-39)64-45-27-19-41(20-28-45)56-51(58)47-31-13-37(33-49(47)53(60)61)35-9-5-3-6-10-35)40-17-25-44(26-18-40)65-46-29-21-42(22-30-46)57-52(59)48-32-14-38(34-50(48)54(62)63)36-11-7-4-8-12-36/h3-34H,1-2H3,(H,56,58)(H,57,59)(H,60,61)(H,62,63). The minimum atomic E-state index is -1.19. The number of ether oxygens (including phenoxy) is 2. The van der Waals surface area contributed by atoms with E-state index >= 15 is 0 Å². The summed E-state index contributed by atoms with van der Waals surface area (Å²) in [6, 6.07) is 57.6. The molecule has 320 valence electrons. The topological polar surface area (TPSA) is 151 Å². The number of carbonyl (C=O) groups is 4. The molecule has 2 amide bonds. The van der Waals surface area contributed by atoms with Crippen molar-refractivity contribution < 1.29 is 38.9 Å². The molecule has 0 unspecified atom stereocenters. The van der Waals surface area contributed by atoms with E-state index < -0.39 is 23.8 Å². The Labute approximate surface area is 375 Å². The highest BCUT2D eigenvalue weighted by molar-refractivity contribution is 6.12. The molecule has 0 bridgehead atoms. The molecule has 4 N–H and O–H groups in total. The van der Waals surface area contributed by atoms with Gasteiger partial charge in [-0.3, -0.25) is 9.59 Å². The van der Waals surface area contributed by atoms with E-state index in [0.717, 1.165) is 22.3 Å². The van der Waals surface area contributed by atoms with E-state index in [1.54, 1.807) is 60.7 Å². The van der Waals surface area contributed by atoms with E-state index in [-0.39, 0.29) is 27.7 Å². The molecule has 8 aromatic rings.